The molecule has 2 rings (SSSR count). The smallest absolute Gasteiger partial charge is 0.251 e. The first-order valence-corrected chi connectivity index (χ1v) is 6.31. The number of nitrogens with one attached hydrogen (secondary N) is 1. The summed E-state index contributed by atoms with van der Waals surface area (Å²) in [5.74, 6) is 1.11. The van der Waals surface area contributed by atoms with Gasteiger partial charge in [-0.1, -0.05) is 15.9 Å². The van der Waals surface area contributed by atoms with Crippen molar-refractivity contribution >= 4 is 21.8 Å². The summed E-state index contributed by atoms with van der Waals surface area (Å²) in [4.78, 5) is 15.9. The highest BCUT2D eigenvalue weighted by Crippen LogP contribution is 2.17. The van der Waals surface area contributed by atoms with Gasteiger partial charge in [-0.05, 0) is 37.6 Å². The molecule has 1 aromatic carbocycles. The van der Waals surface area contributed by atoms with Gasteiger partial charge in [0.2, 0.25) is 5.89 Å². The van der Waals surface area contributed by atoms with Crippen LogP contribution < -0.4 is 5.32 Å². The zero-order chi connectivity index (χ0) is 13.1. The molecule has 18 heavy (non-hydrogen) atoms. The molecule has 94 valence electrons. The number of carbonyl (C=O) groups is 1. The minimum Gasteiger partial charge on any atom is -0.444 e. The van der Waals surface area contributed by atoms with Crippen LogP contribution in [0.4, 0.5) is 0 Å². The molecule has 0 saturated carbocycles. The van der Waals surface area contributed by atoms with Crippen molar-refractivity contribution in [1.82, 2.24) is 10.3 Å². The van der Waals surface area contributed by atoms with Gasteiger partial charge < -0.3 is 9.73 Å². The van der Waals surface area contributed by atoms with E-state index in [4.69, 9.17) is 4.42 Å². The molecule has 0 aliphatic carbocycles. The first-order valence-electron chi connectivity index (χ1n) is 5.52. The molecule has 4 nitrogen and oxygen atoms in total. The van der Waals surface area contributed by atoms with Crippen molar-refractivity contribution < 1.29 is 9.21 Å². The molecule has 1 N–H and O–H groups in total. The van der Waals surface area contributed by atoms with Crippen LogP contribution in [0.15, 0.2) is 33.3 Å². The van der Waals surface area contributed by atoms with Crippen LogP contribution in [0.5, 0.6) is 0 Å². The van der Waals surface area contributed by atoms with Gasteiger partial charge in [0.25, 0.3) is 5.91 Å². The van der Waals surface area contributed by atoms with E-state index in [1.807, 2.05) is 26.0 Å². The maximum Gasteiger partial charge on any atom is 0.251 e. The summed E-state index contributed by atoms with van der Waals surface area (Å²) in [6, 6.07) is 5.47. The molecule has 0 radical (unpaired) electrons. The van der Waals surface area contributed by atoms with Gasteiger partial charge in [0.1, 0.15) is 5.76 Å². The number of hydrogen-bond donors (Lipinski definition) is 1. The first-order chi connectivity index (χ1) is 8.56. The second kappa shape index (κ2) is 5.35. The highest BCUT2D eigenvalue weighted by atomic mass is 79.9. The van der Waals surface area contributed by atoms with Crippen molar-refractivity contribution in [3.8, 4) is 0 Å². The first kappa shape index (κ1) is 12.8. The fourth-order valence-corrected chi connectivity index (χ4v) is 1.77. The van der Waals surface area contributed by atoms with Gasteiger partial charge in [-0.2, -0.15) is 0 Å². The number of oxazole rings is 1. The van der Waals surface area contributed by atoms with Crippen molar-refractivity contribution in [2.45, 2.75) is 20.4 Å². The number of benzene rings is 1. The van der Waals surface area contributed by atoms with Crippen LogP contribution in [0.25, 0.3) is 0 Å². The Morgan fingerprint density at radius 2 is 2.22 bits per heavy atom. The lowest BCUT2D eigenvalue weighted by Crippen LogP contribution is -2.23. The monoisotopic (exact) mass is 308 g/mol. The van der Waals surface area contributed by atoms with Gasteiger partial charge in [-0.3, -0.25) is 4.79 Å². The van der Waals surface area contributed by atoms with Crippen LogP contribution in [0.1, 0.15) is 27.6 Å². The molecule has 0 spiro atoms. The fraction of sp³-hybridized carbons (Fsp3) is 0.231. The van der Waals surface area contributed by atoms with E-state index < -0.39 is 0 Å². The Kier molecular flexibility index (Phi) is 3.81. The number of aromatic nitrogens is 1. The van der Waals surface area contributed by atoms with E-state index in [1.54, 1.807) is 12.3 Å². The molecular formula is C13H13BrN2O2. The average Bonchev–Trinajstić information content (AvgIpc) is 2.75. The van der Waals surface area contributed by atoms with Crippen LogP contribution in [0.3, 0.4) is 0 Å². The summed E-state index contributed by atoms with van der Waals surface area (Å²) in [6.45, 7) is 4.05. The molecule has 1 heterocycles. The van der Waals surface area contributed by atoms with Gasteiger partial charge in [0, 0.05) is 10.0 Å². The van der Waals surface area contributed by atoms with Gasteiger partial charge in [0.05, 0.1) is 12.7 Å². The predicted octanol–water partition coefficient (Wildman–Crippen LogP) is 2.98. The molecule has 5 heteroatoms. The van der Waals surface area contributed by atoms with Crippen LogP contribution in [-0.4, -0.2) is 10.9 Å². The minimum absolute atomic E-state index is 0.138. The van der Waals surface area contributed by atoms with Gasteiger partial charge in [-0.15, -0.1) is 0 Å². The Morgan fingerprint density at radius 1 is 1.44 bits per heavy atom. The number of rotatable bonds is 3. The Balaban J connectivity index is 2.01. The van der Waals surface area contributed by atoms with Crippen LogP contribution in [0.2, 0.25) is 0 Å². The topological polar surface area (TPSA) is 55.1 Å². The summed E-state index contributed by atoms with van der Waals surface area (Å²) in [5.41, 5.74) is 1.65. The lowest BCUT2D eigenvalue weighted by molar-refractivity contribution is 0.0947. The summed E-state index contributed by atoms with van der Waals surface area (Å²) < 4.78 is 6.27. The van der Waals surface area contributed by atoms with E-state index in [1.165, 1.54) is 0 Å². The van der Waals surface area contributed by atoms with Crippen molar-refractivity contribution in [2.24, 2.45) is 0 Å². The number of amides is 1. The molecule has 0 saturated heterocycles. The Hall–Kier alpha value is -1.62. The normalized spacial score (nSPS) is 10.4. The maximum absolute atomic E-state index is 11.9. The summed E-state index contributed by atoms with van der Waals surface area (Å²) >= 11 is 3.40. The minimum atomic E-state index is -0.138. The van der Waals surface area contributed by atoms with Gasteiger partial charge in [-0.25, -0.2) is 4.98 Å². The van der Waals surface area contributed by atoms with E-state index in [0.29, 0.717) is 18.0 Å². The highest BCUT2D eigenvalue weighted by Gasteiger charge is 2.08. The molecule has 1 aromatic heterocycles. The van der Waals surface area contributed by atoms with E-state index in [9.17, 15) is 4.79 Å². The van der Waals surface area contributed by atoms with Crippen LogP contribution in [-0.2, 0) is 6.54 Å². The second-order valence-electron chi connectivity index (χ2n) is 4.01. The van der Waals surface area contributed by atoms with Crippen LogP contribution >= 0.6 is 15.9 Å². The molecule has 1 amide bonds. The van der Waals surface area contributed by atoms with Crippen LogP contribution in [0, 0.1) is 13.8 Å². The molecular weight excluding hydrogens is 296 g/mol. The zero-order valence-corrected chi connectivity index (χ0v) is 11.7. The SMILES string of the molecule is Cc1cnc(CNC(=O)c2ccc(Br)c(C)c2)o1. The van der Waals surface area contributed by atoms with Gasteiger partial charge in [0.15, 0.2) is 0 Å². The van der Waals surface area contributed by atoms with E-state index in [-0.39, 0.29) is 5.91 Å². The number of halogens is 1. The molecule has 0 unspecified atom stereocenters. The Bertz CT molecular complexity index is 578. The summed E-state index contributed by atoms with van der Waals surface area (Å²) in [5, 5.41) is 2.76. The van der Waals surface area contributed by atoms with Crippen molar-refractivity contribution in [1.29, 1.82) is 0 Å². The highest BCUT2D eigenvalue weighted by molar-refractivity contribution is 9.10. The lowest BCUT2D eigenvalue weighted by Gasteiger charge is -2.05. The third-order valence-electron chi connectivity index (χ3n) is 2.49. The quantitative estimate of drug-likeness (QED) is 0.948. The Labute approximate surface area is 114 Å². The number of carbonyl (C=O) groups excluding carboxylic acids is 1. The summed E-state index contributed by atoms with van der Waals surface area (Å²) in [6.07, 6.45) is 1.63. The van der Waals surface area contributed by atoms with Gasteiger partial charge >= 0.3 is 0 Å². The zero-order valence-electron chi connectivity index (χ0n) is 10.2. The predicted molar refractivity (Wildman–Crippen MR) is 71.3 cm³/mol. The lowest BCUT2D eigenvalue weighted by atomic mass is 10.1. The van der Waals surface area contributed by atoms with E-state index in [0.717, 1.165) is 15.8 Å². The van der Waals surface area contributed by atoms with Crippen molar-refractivity contribution in [3.05, 3.63) is 51.6 Å². The standard InChI is InChI=1S/C13H13BrN2O2/c1-8-5-10(3-4-11(8)14)13(17)16-7-12-15-6-9(2)18-12/h3-6H,7H2,1-2H3,(H,16,17). The average molecular weight is 309 g/mol. The van der Waals surface area contributed by atoms with E-state index in [2.05, 4.69) is 26.2 Å². The molecule has 2 aromatic rings. The molecule has 0 fully saturated rings. The van der Waals surface area contributed by atoms with Crippen molar-refractivity contribution in [2.75, 3.05) is 0 Å². The summed E-state index contributed by atoms with van der Waals surface area (Å²) in [7, 11) is 0. The maximum atomic E-state index is 11.9. The largest absolute Gasteiger partial charge is 0.444 e. The fourth-order valence-electron chi connectivity index (χ4n) is 1.53. The second-order valence-corrected chi connectivity index (χ2v) is 4.87. The van der Waals surface area contributed by atoms with Crippen molar-refractivity contribution in [3.63, 3.8) is 0 Å². The molecule has 0 aliphatic heterocycles. The van der Waals surface area contributed by atoms with E-state index >= 15 is 0 Å². The molecule has 0 bridgehead atoms. The number of hydrogen-bond acceptors (Lipinski definition) is 3. The molecule has 0 aliphatic rings. The third kappa shape index (κ3) is 2.98. The molecule has 0 atom stereocenters. The third-order valence-corrected chi connectivity index (χ3v) is 3.38. The number of aryl methyl sites for hydroxylation is 2. The Morgan fingerprint density at radius 3 is 2.83 bits per heavy atom. The number of nitrogens with zero attached hydrogens (tertiary/aromatic N) is 1.